The molecule has 0 fully saturated rings. The number of thioether (sulfide) groups is 1. The molecule has 8 nitrogen and oxygen atoms in total. The summed E-state index contributed by atoms with van der Waals surface area (Å²) in [6.45, 7) is 7.80. The molecule has 3 aromatic rings. The van der Waals surface area contributed by atoms with Gasteiger partial charge in [-0.15, -0.1) is 11.8 Å². The maximum absolute atomic E-state index is 14.0. The van der Waals surface area contributed by atoms with Crippen LogP contribution < -0.4 is 15.0 Å². The fourth-order valence-corrected chi connectivity index (χ4v) is 6.42. The number of rotatable bonds is 15. The Morgan fingerprint density at radius 3 is 2.29 bits per heavy atom. The molecular formula is C38H45ClN2O6S. The molecule has 2 amide bonds. The van der Waals surface area contributed by atoms with E-state index < -0.39 is 17.7 Å². The van der Waals surface area contributed by atoms with Gasteiger partial charge in [-0.3, -0.25) is 9.59 Å². The van der Waals surface area contributed by atoms with Crippen molar-refractivity contribution in [2.24, 2.45) is 0 Å². The zero-order chi connectivity index (χ0) is 34.7. The van der Waals surface area contributed by atoms with Crippen molar-refractivity contribution < 1.29 is 28.7 Å². The number of aryl methyl sites for hydroxylation is 1. The Bertz CT molecular complexity index is 1570. The Morgan fingerprint density at radius 1 is 0.917 bits per heavy atom. The van der Waals surface area contributed by atoms with Crippen LogP contribution in [0.25, 0.3) is 0 Å². The van der Waals surface area contributed by atoms with Crippen molar-refractivity contribution in [2.75, 3.05) is 17.3 Å². The number of benzene rings is 3. The molecule has 1 aliphatic rings. The van der Waals surface area contributed by atoms with Crippen LogP contribution in [0.15, 0.2) is 71.6 Å². The van der Waals surface area contributed by atoms with E-state index in [0.717, 1.165) is 47.5 Å². The van der Waals surface area contributed by atoms with E-state index in [4.69, 9.17) is 21.1 Å². The highest BCUT2D eigenvalue weighted by Gasteiger charge is 2.33. The zero-order valence-electron chi connectivity index (χ0n) is 28.2. The third-order valence-electron chi connectivity index (χ3n) is 7.74. The number of unbranched alkanes of at least 4 members (excludes halogenated alkanes) is 3. The van der Waals surface area contributed by atoms with Gasteiger partial charge in [0.2, 0.25) is 0 Å². The highest BCUT2D eigenvalue weighted by atomic mass is 35.5. The second kappa shape index (κ2) is 17.5. The molecule has 0 bridgehead atoms. The summed E-state index contributed by atoms with van der Waals surface area (Å²) in [4.78, 5) is 53.5. The van der Waals surface area contributed by atoms with Crippen molar-refractivity contribution in [3.63, 3.8) is 0 Å². The Balaban J connectivity index is 1.40. The Morgan fingerprint density at radius 2 is 1.60 bits per heavy atom. The molecule has 0 saturated carbocycles. The van der Waals surface area contributed by atoms with E-state index >= 15 is 0 Å². The molecule has 0 unspecified atom stereocenters. The van der Waals surface area contributed by atoms with E-state index in [0.29, 0.717) is 47.9 Å². The summed E-state index contributed by atoms with van der Waals surface area (Å²) in [5.74, 6) is 1.03. The summed E-state index contributed by atoms with van der Waals surface area (Å²) in [5, 5.41) is 3.34. The Hall–Kier alpha value is -3.82. The predicted molar refractivity (Wildman–Crippen MR) is 191 cm³/mol. The van der Waals surface area contributed by atoms with Crippen LogP contribution in [0.1, 0.15) is 87.7 Å². The summed E-state index contributed by atoms with van der Waals surface area (Å²) in [6.07, 6.45) is 4.79. The molecule has 0 spiro atoms. The van der Waals surface area contributed by atoms with E-state index in [1.807, 2.05) is 42.5 Å². The second-order valence-electron chi connectivity index (χ2n) is 13.0. The molecule has 0 aliphatic carbocycles. The van der Waals surface area contributed by atoms with Crippen LogP contribution in [0.3, 0.4) is 0 Å². The van der Waals surface area contributed by atoms with Crippen molar-refractivity contribution in [1.29, 1.82) is 0 Å². The summed E-state index contributed by atoms with van der Waals surface area (Å²) in [7, 11) is 0. The van der Waals surface area contributed by atoms with E-state index in [2.05, 4.69) is 5.32 Å². The number of ether oxygens (including phenoxy) is 2. The highest BCUT2D eigenvalue weighted by Crippen LogP contribution is 2.37. The Labute approximate surface area is 292 Å². The second-order valence-corrected chi connectivity index (χ2v) is 14.5. The van der Waals surface area contributed by atoms with Crippen molar-refractivity contribution in [3.8, 4) is 5.75 Å². The Kier molecular flexibility index (Phi) is 13.5. The summed E-state index contributed by atoms with van der Waals surface area (Å²) in [6, 6.07) is 19.7. The van der Waals surface area contributed by atoms with Gasteiger partial charge in [0.1, 0.15) is 23.2 Å². The van der Waals surface area contributed by atoms with Crippen LogP contribution in [0.2, 0.25) is 5.02 Å². The number of nitrogens with one attached hydrogen (secondary N) is 1. The molecule has 0 radical (unpaired) electrons. The maximum atomic E-state index is 14.0. The number of hydrogen-bond acceptors (Lipinski definition) is 7. The molecule has 10 heteroatoms. The van der Waals surface area contributed by atoms with Crippen molar-refractivity contribution in [1.82, 2.24) is 5.32 Å². The number of Topliss-reactive ketones (excluding diaryl/α,β-unsaturated/α-hetero) is 2. The fraction of sp³-hybridized carbons (Fsp3) is 0.421. The minimum atomic E-state index is -0.826. The first-order valence-corrected chi connectivity index (χ1v) is 17.8. The lowest BCUT2D eigenvalue weighted by atomic mass is 10.0. The maximum Gasteiger partial charge on any atom is 0.408 e. The fourth-order valence-electron chi connectivity index (χ4n) is 5.24. The van der Waals surface area contributed by atoms with Crippen LogP contribution in [0.4, 0.5) is 10.5 Å². The molecular weight excluding hydrogens is 648 g/mol. The topological polar surface area (TPSA) is 102 Å². The molecule has 4 rings (SSSR count). The van der Waals surface area contributed by atoms with Crippen LogP contribution in [0, 0.1) is 0 Å². The smallest absolute Gasteiger partial charge is 0.408 e. The van der Waals surface area contributed by atoms with E-state index in [9.17, 15) is 19.2 Å². The quantitative estimate of drug-likeness (QED) is 0.126. The van der Waals surface area contributed by atoms with Gasteiger partial charge >= 0.3 is 6.09 Å². The lowest BCUT2D eigenvalue weighted by Crippen LogP contribution is -2.50. The van der Waals surface area contributed by atoms with E-state index in [1.165, 1.54) is 11.8 Å². The SMILES string of the molecule is CC(=O)CCCCCCOc1ccc(CCC(=O)c2ccc3c(c2)N(Cc2ccc(Cl)cc2)C(=O)[C@@H](NC(=O)OC(C)(C)C)CS3)cc1. The largest absolute Gasteiger partial charge is 0.494 e. The van der Waals surface area contributed by atoms with Gasteiger partial charge in [-0.05, 0) is 94.5 Å². The molecule has 48 heavy (non-hydrogen) atoms. The van der Waals surface area contributed by atoms with Gasteiger partial charge in [0, 0.05) is 34.1 Å². The van der Waals surface area contributed by atoms with Crippen molar-refractivity contribution >= 4 is 52.6 Å². The lowest BCUT2D eigenvalue weighted by molar-refractivity contribution is -0.120. The van der Waals surface area contributed by atoms with Gasteiger partial charge < -0.3 is 24.5 Å². The summed E-state index contributed by atoms with van der Waals surface area (Å²) >= 11 is 7.56. The van der Waals surface area contributed by atoms with Gasteiger partial charge in [0.15, 0.2) is 5.78 Å². The van der Waals surface area contributed by atoms with Crippen LogP contribution in [-0.2, 0) is 27.3 Å². The molecule has 0 aromatic heterocycles. The molecule has 0 saturated heterocycles. The first-order valence-electron chi connectivity index (χ1n) is 16.4. The average molecular weight is 693 g/mol. The number of nitrogens with zero attached hydrogens (tertiary/aromatic N) is 1. The number of fused-ring (bicyclic) bond motifs is 1. The van der Waals surface area contributed by atoms with Crippen molar-refractivity contribution in [2.45, 2.75) is 95.7 Å². The van der Waals surface area contributed by atoms with Crippen LogP contribution in [-0.4, -0.2) is 47.6 Å². The number of alkyl carbamates (subject to hydrolysis) is 1. The summed E-state index contributed by atoms with van der Waals surface area (Å²) < 4.78 is 11.3. The van der Waals surface area contributed by atoms with Gasteiger partial charge in [-0.2, -0.15) is 0 Å². The highest BCUT2D eigenvalue weighted by molar-refractivity contribution is 7.99. The standard InChI is InChI=1S/C38H45ClN2O6S/c1-26(42)9-7-5-6-8-22-46-31-18-12-27(13-19-31)14-20-34(43)29-15-21-35-33(23-29)41(24-28-10-16-30(39)17-11-28)36(44)32(25-48-35)40-37(45)47-38(2,3)4/h10-13,15-19,21,23,32H,5-9,14,20,22,24-25H2,1-4H3,(H,40,45)/t32-/m0/s1. The molecule has 3 aromatic carbocycles. The number of ketones is 2. The van der Waals surface area contributed by atoms with Crippen LogP contribution >= 0.6 is 23.4 Å². The normalized spacial score (nSPS) is 14.6. The first-order chi connectivity index (χ1) is 22.9. The molecule has 1 aliphatic heterocycles. The number of amides is 2. The van der Waals surface area contributed by atoms with E-state index in [1.54, 1.807) is 56.9 Å². The van der Waals surface area contributed by atoms with Gasteiger partial charge in [0.05, 0.1) is 18.8 Å². The monoisotopic (exact) mass is 692 g/mol. The number of hydrogen-bond donors (Lipinski definition) is 1. The minimum Gasteiger partial charge on any atom is -0.494 e. The number of halogens is 1. The molecule has 1 heterocycles. The van der Waals surface area contributed by atoms with Crippen LogP contribution in [0.5, 0.6) is 5.75 Å². The number of anilines is 1. The average Bonchev–Trinajstić information content (AvgIpc) is 3.15. The lowest BCUT2D eigenvalue weighted by Gasteiger charge is -2.27. The molecule has 1 N–H and O–H groups in total. The van der Waals surface area contributed by atoms with Gasteiger partial charge in [0.25, 0.3) is 5.91 Å². The number of carbonyl (C=O) groups is 4. The van der Waals surface area contributed by atoms with Crippen molar-refractivity contribution in [3.05, 3.63) is 88.4 Å². The van der Waals surface area contributed by atoms with Gasteiger partial charge in [-0.25, -0.2) is 4.79 Å². The summed E-state index contributed by atoms with van der Waals surface area (Å²) in [5.41, 5.74) is 2.32. The first kappa shape index (κ1) is 37.0. The zero-order valence-corrected chi connectivity index (χ0v) is 29.8. The predicted octanol–water partition coefficient (Wildman–Crippen LogP) is 8.61. The van der Waals surface area contributed by atoms with Gasteiger partial charge in [-0.1, -0.05) is 54.8 Å². The van der Waals surface area contributed by atoms with E-state index in [-0.39, 0.29) is 24.0 Å². The number of carbonyl (C=O) groups excluding carboxylic acids is 4. The minimum absolute atomic E-state index is 0.0283. The molecule has 256 valence electrons. The third-order valence-corrected chi connectivity index (χ3v) is 9.15. The third kappa shape index (κ3) is 11.7. The molecule has 1 atom stereocenters.